The van der Waals surface area contributed by atoms with Crippen LogP contribution in [0.5, 0.6) is 23.0 Å². The summed E-state index contributed by atoms with van der Waals surface area (Å²) in [5.41, 5.74) is 4.27. The van der Waals surface area contributed by atoms with Crippen LogP contribution in [0.15, 0.2) is 56.1 Å². The molecule has 0 unspecified atom stereocenters. The van der Waals surface area contributed by atoms with Gasteiger partial charge in [-0.2, -0.15) is 0 Å². The third-order valence-electron chi connectivity index (χ3n) is 7.23. The van der Waals surface area contributed by atoms with E-state index in [-0.39, 0.29) is 0 Å². The first-order chi connectivity index (χ1) is 19.7. The maximum Gasteiger partial charge on any atom is 0.130 e. The molecule has 4 heterocycles. The van der Waals surface area contributed by atoms with E-state index in [0.717, 1.165) is 104 Å². The van der Waals surface area contributed by atoms with Gasteiger partial charge in [0.15, 0.2) is 0 Å². The number of hydrogen-bond donors (Lipinski definition) is 0. The van der Waals surface area contributed by atoms with Crippen molar-refractivity contribution < 1.29 is 18.9 Å². The van der Waals surface area contributed by atoms with Crippen LogP contribution in [0.1, 0.15) is 51.4 Å². The van der Waals surface area contributed by atoms with E-state index >= 15 is 0 Å². The second kappa shape index (κ2) is 13.3. The lowest BCUT2D eigenvalue weighted by Crippen LogP contribution is -2.05. The molecule has 0 saturated carbocycles. The minimum atomic E-state index is 0.678. The molecule has 4 nitrogen and oxygen atoms in total. The SMILES string of the molecule is Brc1cc2c(s1)-c1sc(Br)cc1-c1c3cccc1OCCCCCCOc1cccc(c1-2)OCCCCCCO3. The van der Waals surface area contributed by atoms with Crippen LogP contribution in [0.2, 0.25) is 0 Å². The number of halogens is 2. The summed E-state index contributed by atoms with van der Waals surface area (Å²) in [5.74, 6) is 3.51. The van der Waals surface area contributed by atoms with Crippen molar-refractivity contribution in [2.75, 3.05) is 26.4 Å². The van der Waals surface area contributed by atoms with E-state index in [1.807, 2.05) is 0 Å². The van der Waals surface area contributed by atoms with Gasteiger partial charge in [0.05, 0.1) is 54.9 Å². The summed E-state index contributed by atoms with van der Waals surface area (Å²) < 4.78 is 28.0. The Morgan fingerprint density at radius 1 is 0.475 bits per heavy atom. The van der Waals surface area contributed by atoms with Gasteiger partial charge >= 0.3 is 0 Å². The van der Waals surface area contributed by atoms with Crippen molar-refractivity contribution in [3.63, 3.8) is 0 Å². The Bertz CT molecular complexity index is 1300. The Morgan fingerprint density at radius 2 is 0.800 bits per heavy atom. The summed E-state index contributed by atoms with van der Waals surface area (Å²) in [6.45, 7) is 2.71. The Morgan fingerprint density at radius 3 is 1.12 bits per heavy atom. The van der Waals surface area contributed by atoms with Crippen molar-refractivity contribution in [2.24, 2.45) is 0 Å². The Labute approximate surface area is 260 Å². The Hall–Kier alpha value is -2.00. The van der Waals surface area contributed by atoms with Crippen molar-refractivity contribution in [3.8, 4) is 55.0 Å². The number of hydrogen-bond acceptors (Lipinski definition) is 6. The van der Waals surface area contributed by atoms with Crippen molar-refractivity contribution in [1.82, 2.24) is 0 Å². The van der Waals surface area contributed by atoms with Crippen LogP contribution in [0.4, 0.5) is 0 Å². The van der Waals surface area contributed by atoms with Crippen LogP contribution < -0.4 is 18.9 Å². The molecule has 40 heavy (non-hydrogen) atoms. The largest absolute Gasteiger partial charge is 0.493 e. The Balaban J connectivity index is 1.62. The molecule has 0 spiro atoms. The molecule has 0 N–H and O–H groups in total. The van der Waals surface area contributed by atoms with Gasteiger partial charge < -0.3 is 18.9 Å². The summed E-state index contributed by atoms with van der Waals surface area (Å²) in [5, 5.41) is 0. The minimum absolute atomic E-state index is 0.678. The predicted octanol–water partition coefficient (Wildman–Crippen LogP) is 11.0. The molecule has 0 saturated heterocycles. The molecule has 0 fully saturated rings. The highest BCUT2D eigenvalue weighted by Crippen LogP contribution is 2.55. The van der Waals surface area contributed by atoms with Crippen LogP contribution in [0.3, 0.4) is 0 Å². The van der Waals surface area contributed by atoms with Crippen LogP contribution in [-0.2, 0) is 0 Å². The van der Waals surface area contributed by atoms with E-state index in [0.29, 0.717) is 26.4 Å². The maximum absolute atomic E-state index is 6.47. The molecule has 2 bridgehead atoms. The minimum Gasteiger partial charge on any atom is -0.493 e. The fraction of sp³-hybridized carbons (Fsp3) is 0.375. The second-order valence-corrected chi connectivity index (χ2v) is 14.9. The maximum atomic E-state index is 6.47. The highest BCUT2D eigenvalue weighted by molar-refractivity contribution is 9.11. The zero-order valence-corrected chi connectivity index (χ0v) is 27.1. The average molecular weight is 705 g/mol. The summed E-state index contributed by atoms with van der Waals surface area (Å²) in [6.07, 6.45) is 8.40. The number of ether oxygens (including phenoxy) is 4. The number of benzene rings is 2. The zero-order valence-electron chi connectivity index (χ0n) is 22.3. The topological polar surface area (TPSA) is 36.9 Å². The first-order valence-corrected chi connectivity index (χ1v) is 17.3. The van der Waals surface area contributed by atoms with Crippen molar-refractivity contribution in [3.05, 3.63) is 56.1 Å². The van der Waals surface area contributed by atoms with Gasteiger partial charge in [0, 0.05) is 11.1 Å². The molecule has 2 aliphatic rings. The van der Waals surface area contributed by atoms with Crippen LogP contribution in [0, 0.1) is 0 Å². The van der Waals surface area contributed by atoms with Gasteiger partial charge in [-0.3, -0.25) is 0 Å². The van der Waals surface area contributed by atoms with Crippen molar-refractivity contribution in [1.29, 1.82) is 0 Å². The fourth-order valence-electron chi connectivity index (χ4n) is 5.31. The molecule has 210 valence electrons. The summed E-state index contributed by atoms with van der Waals surface area (Å²) >= 11 is 11.1. The molecular formula is C32H32Br2O4S2. The van der Waals surface area contributed by atoms with E-state index in [2.05, 4.69) is 80.4 Å². The van der Waals surface area contributed by atoms with Crippen LogP contribution >= 0.6 is 54.5 Å². The van der Waals surface area contributed by atoms with Crippen LogP contribution in [0.25, 0.3) is 32.0 Å². The third kappa shape index (κ3) is 6.25. The fourth-order valence-corrected chi connectivity index (χ4v) is 8.68. The Kier molecular flexibility index (Phi) is 9.37. The summed E-state index contributed by atoms with van der Waals surface area (Å²) in [4.78, 5) is 2.33. The molecular weight excluding hydrogens is 672 g/mol. The lowest BCUT2D eigenvalue weighted by atomic mass is 9.99. The number of thiophene rings is 2. The monoisotopic (exact) mass is 702 g/mol. The molecule has 0 amide bonds. The molecule has 2 aliphatic heterocycles. The van der Waals surface area contributed by atoms with Gasteiger partial charge in [0.1, 0.15) is 23.0 Å². The average Bonchev–Trinajstić information content (AvgIpc) is 3.52. The van der Waals surface area contributed by atoms with Crippen molar-refractivity contribution >= 4 is 54.5 Å². The first-order valence-electron chi connectivity index (χ1n) is 14.1. The van der Waals surface area contributed by atoms with Crippen molar-refractivity contribution in [2.45, 2.75) is 51.4 Å². The van der Waals surface area contributed by atoms with Gasteiger partial charge in [-0.15, -0.1) is 22.7 Å². The summed E-state index contributed by atoms with van der Waals surface area (Å²) in [7, 11) is 0. The molecule has 8 heteroatoms. The molecule has 0 atom stereocenters. The first kappa shape index (κ1) is 28.1. The normalized spacial score (nSPS) is 16.4. The van der Waals surface area contributed by atoms with E-state index in [9.17, 15) is 0 Å². The van der Waals surface area contributed by atoms with Crippen LogP contribution in [-0.4, -0.2) is 26.4 Å². The quantitative estimate of drug-likeness (QED) is 0.183. The lowest BCUT2D eigenvalue weighted by Gasteiger charge is -2.20. The molecule has 0 aliphatic carbocycles. The standard InChI is InChI=1S/C32H32Br2O4S2/c33-27-19-21-29-23-11-9-13-25(29)37-17-7-3-4-8-18-38-26-14-10-12-24(36-16-6-2-1-5-15-35-23)30(26)22-20-28(34)40-32(22)31(21)39-27/h9-14,19-20H,1-8,15-18H2. The lowest BCUT2D eigenvalue weighted by molar-refractivity contribution is 0.276. The second-order valence-electron chi connectivity index (χ2n) is 10.1. The van der Waals surface area contributed by atoms with Gasteiger partial charge in [-0.1, -0.05) is 12.1 Å². The predicted molar refractivity (Wildman–Crippen MR) is 173 cm³/mol. The zero-order chi connectivity index (χ0) is 27.3. The van der Waals surface area contributed by atoms with Gasteiger partial charge in [-0.05, 0) is 120 Å². The molecule has 2 aromatic heterocycles. The highest BCUT2D eigenvalue weighted by atomic mass is 79.9. The molecule has 2 aromatic carbocycles. The van der Waals surface area contributed by atoms with Gasteiger partial charge in [0.25, 0.3) is 0 Å². The number of rotatable bonds is 0. The van der Waals surface area contributed by atoms with Gasteiger partial charge in [0.2, 0.25) is 0 Å². The van der Waals surface area contributed by atoms with E-state index < -0.39 is 0 Å². The van der Waals surface area contributed by atoms with E-state index in [4.69, 9.17) is 18.9 Å². The molecule has 4 aromatic rings. The highest BCUT2D eigenvalue weighted by Gasteiger charge is 2.26. The molecule has 0 radical (unpaired) electrons. The summed E-state index contributed by atoms with van der Waals surface area (Å²) in [6, 6.07) is 16.8. The molecule has 6 rings (SSSR count). The third-order valence-corrected chi connectivity index (χ3v) is 10.7. The smallest absolute Gasteiger partial charge is 0.130 e. The van der Waals surface area contributed by atoms with E-state index in [1.165, 1.54) is 9.75 Å². The van der Waals surface area contributed by atoms with E-state index in [1.54, 1.807) is 22.7 Å². The van der Waals surface area contributed by atoms with Gasteiger partial charge in [-0.25, -0.2) is 0 Å².